The van der Waals surface area contributed by atoms with Gasteiger partial charge in [-0.2, -0.15) is 0 Å². The van der Waals surface area contributed by atoms with Crippen LogP contribution < -0.4 is 0 Å². The van der Waals surface area contributed by atoms with Crippen LogP contribution in [0.1, 0.15) is 159 Å². The molecule has 6 aliphatic carbocycles. The Hall–Kier alpha value is -15.4. The van der Waals surface area contributed by atoms with Gasteiger partial charge < -0.3 is 0 Å². The maximum absolute atomic E-state index is 5.13. The lowest BCUT2D eigenvalue weighted by atomic mass is 9.67. The molecule has 1 saturated carbocycles. The average molecular weight is 1780 g/mol. The fraction of sp³-hybridized carbons (Fsp3) is 0.161. The summed E-state index contributed by atoms with van der Waals surface area (Å²) in [6, 6.07) is 149. The monoisotopic (exact) mass is 1780 g/mol. The second kappa shape index (κ2) is 32.4. The van der Waals surface area contributed by atoms with Gasteiger partial charge in [0.15, 0.2) is 0 Å². The van der Waals surface area contributed by atoms with Crippen LogP contribution in [0, 0.1) is 20.8 Å². The smallest absolute Gasteiger partial charge is 0.145 e. The van der Waals surface area contributed by atoms with Crippen LogP contribution in [0.15, 0.2) is 394 Å². The Morgan fingerprint density at radius 1 is 0.223 bits per heavy atom. The van der Waals surface area contributed by atoms with E-state index >= 15 is 0 Å². The number of benzene rings is 21. The normalized spacial score (nSPS) is 14.9. The third kappa shape index (κ3) is 13.1. The topological polar surface area (TPSA) is 17.8 Å². The number of hydrogen-bond acceptors (Lipinski definition) is 1. The number of rotatable bonds is 8. The molecule has 0 unspecified atom stereocenters. The molecule has 0 bridgehead atoms. The standard InChI is InChI=1S/C49H36N2.C48H40.C40H34/c1-31-21-27-39-41(29-31)47(34-26-28-43-40(30-34)36-15-9-10-18-42(36)49(43,2)3)38-17-8-7-16-37(38)46(39)32-22-24-33(25-23-32)48-50-44-19-11-12-20-45(44)51(48)35-13-5-4-6-14-35;1-30-19-22-38-40(27-30)46(31-21-24-42-39(28-31)34-14-7-9-17-41(34)47(42,2)3)37-16-6-5-15-36(37)45(38)32-20-23-35-33-13-8-10-18-43(33)48(44(35)29-32)25-11-4-12-26-48;1-25-19-21-33-35(23-25)38(27-20-22-37-34(24-27)29-14-8-9-18-36(29)40(37,2)3)31-15-6-7-16-32(31)39(33)30-17-10-12-26-11-4-5-13-28(26)30/h4-30H,1-3H3;5-10,13-24,27-29H,4,11-12,25-26H2,1-3H3;6-10,12,14-24H,4-5,11,13H2,1-3H3. The Labute approximate surface area is 816 Å². The zero-order valence-corrected chi connectivity index (χ0v) is 80.8. The lowest BCUT2D eigenvalue weighted by Crippen LogP contribution is -2.28. The van der Waals surface area contributed by atoms with E-state index in [0.29, 0.717) is 0 Å². The summed E-state index contributed by atoms with van der Waals surface area (Å²) < 4.78 is 2.27. The highest BCUT2D eigenvalue weighted by atomic mass is 15.1. The average Bonchev–Trinajstić information content (AvgIpc) is 1.60. The molecule has 0 radical (unpaired) electrons. The van der Waals surface area contributed by atoms with Crippen LogP contribution in [-0.2, 0) is 34.5 Å². The summed E-state index contributed by atoms with van der Waals surface area (Å²) in [6.45, 7) is 20.8. The second-order valence-electron chi connectivity index (χ2n) is 42.1. The summed E-state index contributed by atoms with van der Waals surface area (Å²) in [5.41, 5.74) is 49.9. The fourth-order valence-corrected chi connectivity index (χ4v) is 26.5. The van der Waals surface area contributed by atoms with Crippen molar-refractivity contribution in [2.24, 2.45) is 0 Å². The summed E-state index contributed by atoms with van der Waals surface area (Å²) in [5.74, 6) is 0.941. The van der Waals surface area contributed by atoms with Gasteiger partial charge in [0.05, 0.1) is 11.0 Å². The minimum Gasteiger partial charge on any atom is -0.292 e. The summed E-state index contributed by atoms with van der Waals surface area (Å²) in [4.78, 5) is 5.13. The van der Waals surface area contributed by atoms with E-state index in [-0.39, 0.29) is 21.7 Å². The third-order valence-electron chi connectivity index (χ3n) is 33.1. The maximum atomic E-state index is 5.13. The van der Waals surface area contributed by atoms with E-state index in [9.17, 15) is 0 Å². The largest absolute Gasteiger partial charge is 0.292 e. The van der Waals surface area contributed by atoms with E-state index in [1.165, 1.54) is 289 Å². The summed E-state index contributed by atoms with van der Waals surface area (Å²) in [6.07, 6.45) is 11.4. The Morgan fingerprint density at radius 3 is 1.06 bits per heavy atom. The van der Waals surface area contributed by atoms with E-state index in [2.05, 4.69) is 461 Å². The first-order valence-corrected chi connectivity index (χ1v) is 50.5. The predicted molar refractivity (Wildman–Crippen MR) is 590 cm³/mol. The summed E-state index contributed by atoms with van der Waals surface area (Å²) in [7, 11) is 0. The van der Waals surface area contributed by atoms with Crippen molar-refractivity contribution in [3.05, 3.63) is 467 Å². The zero-order chi connectivity index (χ0) is 93.5. The van der Waals surface area contributed by atoms with Gasteiger partial charge in [0.2, 0.25) is 0 Å². The van der Waals surface area contributed by atoms with Crippen molar-refractivity contribution in [3.8, 4) is 128 Å². The first kappa shape index (κ1) is 84.2. The van der Waals surface area contributed by atoms with Gasteiger partial charge in [-0.05, 0) is 339 Å². The minimum absolute atomic E-state index is 0.00202. The lowest BCUT2D eigenvalue weighted by molar-refractivity contribution is 0.353. The van der Waals surface area contributed by atoms with Crippen molar-refractivity contribution in [2.75, 3.05) is 0 Å². The molecule has 139 heavy (non-hydrogen) atoms. The van der Waals surface area contributed by atoms with Crippen molar-refractivity contribution in [3.63, 3.8) is 0 Å². The Morgan fingerprint density at radius 2 is 0.568 bits per heavy atom. The molecule has 0 aliphatic heterocycles. The van der Waals surface area contributed by atoms with Crippen LogP contribution in [-0.4, -0.2) is 9.55 Å². The van der Waals surface area contributed by atoms with Crippen LogP contribution in [0.4, 0.5) is 0 Å². The molecule has 1 spiro atoms. The van der Waals surface area contributed by atoms with Crippen molar-refractivity contribution in [1.29, 1.82) is 0 Å². The highest BCUT2D eigenvalue weighted by molar-refractivity contribution is 6.25. The predicted octanol–water partition coefficient (Wildman–Crippen LogP) is 36.9. The first-order chi connectivity index (χ1) is 67.9. The van der Waals surface area contributed by atoms with Gasteiger partial charge in [-0.15, -0.1) is 0 Å². The molecule has 21 aromatic carbocycles. The van der Waals surface area contributed by atoms with E-state index < -0.39 is 0 Å². The molecule has 1 heterocycles. The van der Waals surface area contributed by atoms with Gasteiger partial charge in [-0.3, -0.25) is 4.57 Å². The van der Waals surface area contributed by atoms with Gasteiger partial charge >= 0.3 is 0 Å². The van der Waals surface area contributed by atoms with Gasteiger partial charge in [0.25, 0.3) is 0 Å². The lowest BCUT2D eigenvalue weighted by Gasteiger charge is -2.36. The molecule has 1 aromatic heterocycles. The number of imidazole rings is 1. The Bertz CT molecular complexity index is 8900. The summed E-state index contributed by atoms with van der Waals surface area (Å²) >= 11 is 0. The number of aromatic nitrogens is 2. The Balaban J connectivity index is 0.000000108. The number of fused-ring (bicyclic) bond motifs is 22. The van der Waals surface area contributed by atoms with Crippen molar-refractivity contribution in [2.45, 2.75) is 142 Å². The number of aryl methyl sites for hydroxylation is 4. The number of hydrogen-bond donors (Lipinski definition) is 0. The summed E-state index contributed by atoms with van der Waals surface area (Å²) in [5, 5.41) is 15.8. The zero-order valence-electron chi connectivity index (χ0n) is 80.8. The molecule has 0 N–H and O–H groups in total. The molecular weight excluding hydrogens is 1670 g/mol. The third-order valence-corrected chi connectivity index (χ3v) is 33.1. The molecule has 6 aliphatic rings. The van der Waals surface area contributed by atoms with Gasteiger partial charge in [-0.1, -0.05) is 423 Å². The molecule has 2 heteroatoms. The van der Waals surface area contributed by atoms with E-state index in [1.807, 2.05) is 0 Å². The Kier molecular flexibility index (Phi) is 19.6. The molecule has 1 fully saturated rings. The number of para-hydroxylation sites is 3. The molecular formula is C137H110N2. The fourth-order valence-electron chi connectivity index (χ4n) is 26.5. The van der Waals surface area contributed by atoms with Crippen molar-refractivity contribution in [1.82, 2.24) is 9.55 Å². The quantitative estimate of drug-likeness (QED) is 0.139. The molecule has 0 amide bonds. The molecule has 28 rings (SSSR count). The number of nitrogens with zero attached hydrogens (tertiary/aromatic N) is 2. The van der Waals surface area contributed by atoms with Crippen LogP contribution in [0.3, 0.4) is 0 Å². The van der Waals surface area contributed by atoms with Gasteiger partial charge in [0, 0.05) is 32.9 Å². The van der Waals surface area contributed by atoms with E-state index in [4.69, 9.17) is 4.98 Å². The van der Waals surface area contributed by atoms with Crippen molar-refractivity contribution < 1.29 is 0 Å². The van der Waals surface area contributed by atoms with Crippen LogP contribution in [0.25, 0.3) is 204 Å². The van der Waals surface area contributed by atoms with Crippen LogP contribution >= 0.6 is 0 Å². The minimum atomic E-state index is -0.0216. The maximum Gasteiger partial charge on any atom is 0.145 e. The van der Waals surface area contributed by atoms with Crippen LogP contribution in [0.2, 0.25) is 0 Å². The highest BCUT2D eigenvalue weighted by Crippen LogP contribution is 2.60. The van der Waals surface area contributed by atoms with E-state index in [0.717, 1.165) is 28.1 Å². The molecule has 22 aromatic rings. The van der Waals surface area contributed by atoms with Gasteiger partial charge in [0.1, 0.15) is 5.82 Å². The SMILES string of the molecule is Cc1ccc2c(-c3ccc(-c4nc5ccccc5n4-c4ccccc4)cc3)c3ccccc3c(-c3ccc4c(c3)-c3ccccc3C4(C)C)c2c1.Cc1ccc2c(-c3ccc4c(c3)C3(CCCCC3)c3ccccc3-4)c3ccccc3c(-c3ccc4c(c3)-c3ccccc3C4(C)C)c2c1.Cc1ccc2c(-c3cccc4c3CCCC4)c3ccccc3c(-c3ccc4c(c3)-c3ccccc3C4(C)C)c2c1. The molecule has 2 nitrogen and oxygen atoms in total. The van der Waals surface area contributed by atoms with E-state index in [1.54, 1.807) is 16.7 Å². The highest BCUT2D eigenvalue weighted by Gasteiger charge is 2.45. The molecule has 0 saturated heterocycles. The molecule has 0 atom stereocenters. The van der Waals surface area contributed by atoms with Crippen LogP contribution in [0.5, 0.6) is 0 Å². The van der Waals surface area contributed by atoms with Gasteiger partial charge in [-0.25, -0.2) is 4.98 Å². The van der Waals surface area contributed by atoms with Crippen molar-refractivity contribution >= 4 is 75.7 Å². The molecule has 668 valence electrons. The second-order valence-corrected chi connectivity index (χ2v) is 42.1. The first-order valence-electron chi connectivity index (χ1n) is 50.5.